The third-order valence-corrected chi connectivity index (χ3v) is 5.18. The second-order valence-electron chi connectivity index (χ2n) is 6.61. The molecule has 1 aliphatic rings. The topological polar surface area (TPSA) is 57.6 Å². The molecule has 2 aromatic carbocycles. The quantitative estimate of drug-likeness (QED) is 0.838. The second-order valence-corrected chi connectivity index (χ2v) is 7.05. The summed E-state index contributed by atoms with van der Waals surface area (Å²) in [6, 6.07) is 10.8. The third kappa shape index (κ3) is 4.27. The highest BCUT2D eigenvalue weighted by Gasteiger charge is 2.40. The SMILES string of the molecule is O=C(O)[C@@H]1CN(C(=O)CCc2cccc(F)c2F)C[C@H]1c1ccc(Cl)cc1. The lowest BCUT2D eigenvalue weighted by Crippen LogP contribution is -2.30. The molecule has 1 saturated heterocycles. The summed E-state index contributed by atoms with van der Waals surface area (Å²) in [6.07, 6.45) is 0.0440. The zero-order valence-corrected chi connectivity index (χ0v) is 15.1. The van der Waals surface area contributed by atoms with E-state index in [1.54, 1.807) is 24.3 Å². The Morgan fingerprint density at radius 1 is 1.11 bits per heavy atom. The van der Waals surface area contributed by atoms with Gasteiger partial charge in [0.2, 0.25) is 5.91 Å². The highest BCUT2D eigenvalue weighted by Crippen LogP contribution is 2.34. The van der Waals surface area contributed by atoms with E-state index in [4.69, 9.17) is 11.6 Å². The standard InChI is InChI=1S/C20H18ClF2NO3/c21-14-7-4-12(5-8-14)15-10-24(11-16(15)20(26)27)18(25)9-6-13-2-1-3-17(22)19(13)23/h1-5,7-8,15-16H,6,9-11H2,(H,26,27)/t15-,16+/m0/s1. The van der Waals surface area contributed by atoms with E-state index in [0.717, 1.165) is 11.6 Å². The van der Waals surface area contributed by atoms with Gasteiger partial charge in [0.25, 0.3) is 0 Å². The molecule has 1 fully saturated rings. The van der Waals surface area contributed by atoms with Crippen LogP contribution in [0.3, 0.4) is 0 Å². The first-order valence-corrected chi connectivity index (χ1v) is 8.93. The number of hydrogen-bond donors (Lipinski definition) is 1. The number of carboxylic acid groups (broad SMARTS) is 1. The molecule has 2 atom stereocenters. The summed E-state index contributed by atoms with van der Waals surface area (Å²) in [4.78, 5) is 25.6. The molecule has 1 aliphatic heterocycles. The van der Waals surface area contributed by atoms with Crippen LogP contribution in [0, 0.1) is 17.6 Å². The summed E-state index contributed by atoms with van der Waals surface area (Å²) < 4.78 is 27.0. The maximum Gasteiger partial charge on any atom is 0.308 e. The molecule has 4 nitrogen and oxygen atoms in total. The number of carbonyl (C=O) groups excluding carboxylic acids is 1. The van der Waals surface area contributed by atoms with Gasteiger partial charge >= 0.3 is 5.97 Å². The number of likely N-dealkylation sites (tertiary alicyclic amines) is 1. The van der Waals surface area contributed by atoms with Crippen molar-refractivity contribution in [3.05, 3.63) is 70.2 Å². The molecular weight excluding hydrogens is 376 g/mol. The fourth-order valence-corrected chi connectivity index (χ4v) is 3.57. The van der Waals surface area contributed by atoms with Crippen molar-refractivity contribution in [3.63, 3.8) is 0 Å². The summed E-state index contributed by atoms with van der Waals surface area (Å²) in [5.41, 5.74) is 0.935. The molecule has 1 amide bonds. The first kappa shape index (κ1) is 19.3. The number of halogens is 3. The van der Waals surface area contributed by atoms with Crippen molar-refractivity contribution in [2.24, 2.45) is 5.92 Å². The monoisotopic (exact) mass is 393 g/mol. The van der Waals surface area contributed by atoms with E-state index < -0.39 is 23.5 Å². The number of aryl methyl sites for hydroxylation is 1. The minimum atomic E-state index is -0.971. The van der Waals surface area contributed by atoms with E-state index in [1.807, 2.05) is 0 Å². The summed E-state index contributed by atoms with van der Waals surface area (Å²) in [5.74, 6) is -4.21. The lowest BCUT2D eigenvalue weighted by atomic mass is 9.89. The van der Waals surface area contributed by atoms with Crippen LogP contribution in [0.4, 0.5) is 8.78 Å². The van der Waals surface area contributed by atoms with Crippen LogP contribution in [0.15, 0.2) is 42.5 Å². The van der Waals surface area contributed by atoms with Crippen LogP contribution in [0.5, 0.6) is 0 Å². The van der Waals surface area contributed by atoms with Crippen LogP contribution in [-0.2, 0) is 16.0 Å². The lowest BCUT2D eigenvalue weighted by Gasteiger charge is -2.17. The van der Waals surface area contributed by atoms with E-state index in [0.29, 0.717) is 5.02 Å². The minimum Gasteiger partial charge on any atom is -0.481 e. The molecule has 2 aromatic rings. The smallest absolute Gasteiger partial charge is 0.308 e. The number of amides is 1. The molecule has 0 aliphatic carbocycles. The van der Waals surface area contributed by atoms with Gasteiger partial charge in [-0.2, -0.15) is 0 Å². The van der Waals surface area contributed by atoms with Gasteiger partial charge in [-0.15, -0.1) is 0 Å². The van der Waals surface area contributed by atoms with E-state index in [2.05, 4.69) is 0 Å². The maximum absolute atomic E-state index is 13.7. The second kappa shape index (κ2) is 8.05. The number of carbonyl (C=O) groups is 2. The Morgan fingerprint density at radius 3 is 2.48 bits per heavy atom. The van der Waals surface area contributed by atoms with Crippen molar-refractivity contribution >= 4 is 23.5 Å². The maximum atomic E-state index is 13.7. The van der Waals surface area contributed by atoms with Crippen molar-refractivity contribution in [1.82, 2.24) is 4.90 Å². The van der Waals surface area contributed by atoms with Crippen LogP contribution in [0.25, 0.3) is 0 Å². The predicted octanol–water partition coefficient (Wildman–Crippen LogP) is 3.88. The summed E-state index contributed by atoms with van der Waals surface area (Å²) in [5, 5.41) is 10.1. The first-order chi connectivity index (χ1) is 12.9. The van der Waals surface area contributed by atoms with Crippen LogP contribution in [0.1, 0.15) is 23.5 Å². The van der Waals surface area contributed by atoms with Crippen LogP contribution in [0.2, 0.25) is 5.02 Å². The molecule has 0 unspecified atom stereocenters. The molecule has 1 heterocycles. The van der Waals surface area contributed by atoms with Gasteiger partial charge in [-0.3, -0.25) is 9.59 Å². The van der Waals surface area contributed by atoms with Gasteiger partial charge in [0, 0.05) is 30.5 Å². The van der Waals surface area contributed by atoms with Gasteiger partial charge in [0.1, 0.15) is 0 Å². The van der Waals surface area contributed by atoms with Gasteiger partial charge in [-0.1, -0.05) is 35.9 Å². The molecule has 3 rings (SSSR count). The number of rotatable bonds is 5. The van der Waals surface area contributed by atoms with Crippen molar-refractivity contribution < 1.29 is 23.5 Å². The Kier molecular flexibility index (Phi) is 5.75. The van der Waals surface area contributed by atoms with Crippen molar-refractivity contribution in [2.45, 2.75) is 18.8 Å². The first-order valence-electron chi connectivity index (χ1n) is 8.55. The Bertz CT molecular complexity index is 857. The fraction of sp³-hybridized carbons (Fsp3) is 0.300. The van der Waals surface area contributed by atoms with Crippen molar-refractivity contribution in [2.75, 3.05) is 13.1 Å². The zero-order chi connectivity index (χ0) is 19.6. The third-order valence-electron chi connectivity index (χ3n) is 4.93. The molecule has 142 valence electrons. The van der Waals surface area contributed by atoms with Crippen molar-refractivity contribution in [1.29, 1.82) is 0 Å². The van der Waals surface area contributed by atoms with Crippen LogP contribution < -0.4 is 0 Å². The highest BCUT2D eigenvalue weighted by molar-refractivity contribution is 6.30. The average Bonchev–Trinajstić information content (AvgIpc) is 3.09. The highest BCUT2D eigenvalue weighted by atomic mass is 35.5. The van der Waals surface area contributed by atoms with E-state index in [9.17, 15) is 23.5 Å². The Labute approximate surface area is 160 Å². The number of hydrogen-bond acceptors (Lipinski definition) is 2. The lowest BCUT2D eigenvalue weighted by molar-refractivity contribution is -0.141. The molecule has 7 heteroatoms. The molecule has 0 spiro atoms. The van der Waals surface area contributed by atoms with E-state index in [1.165, 1.54) is 17.0 Å². The molecule has 0 aromatic heterocycles. The van der Waals surface area contributed by atoms with Gasteiger partial charge in [-0.05, 0) is 35.7 Å². The average molecular weight is 394 g/mol. The largest absolute Gasteiger partial charge is 0.481 e. The molecule has 0 bridgehead atoms. The van der Waals surface area contributed by atoms with Crippen LogP contribution >= 0.6 is 11.6 Å². The normalized spacial score (nSPS) is 19.3. The molecule has 27 heavy (non-hydrogen) atoms. The summed E-state index contributed by atoms with van der Waals surface area (Å²) in [6.45, 7) is 0.357. The predicted molar refractivity (Wildman–Crippen MR) is 96.6 cm³/mol. The minimum absolute atomic E-state index is 0.0138. The number of nitrogens with zero attached hydrogens (tertiary/aromatic N) is 1. The Balaban J connectivity index is 1.69. The molecule has 1 N–H and O–H groups in total. The zero-order valence-electron chi connectivity index (χ0n) is 14.4. The van der Waals surface area contributed by atoms with Crippen LogP contribution in [-0.4, -0.2) is 35.0 Å². The summed E-state index contributed by atoms with van der Waals surface area (Å²) in [7, 11) is 0. The summed E-state index contributed by atoms with van der Waals surface area (Å²) >= 11 is 5.88. The Hall–Kier alpha value is -2.47. The van der Waals surface area contributed by atoms with Gasteiger partial charge in [0.15, 0.2) is 11.6 Å². The number of benzene rings is 2. The molecule has 0 radical (unpaired) electrons. The fourth-order valence-electron chi connectivity index (χ4n) is 3.45. The van der Waals surface area contributed by atoms with Gasteiger partial charge < -0.3 is 10.0 Å². The number of carboxylic acids is 1. The number of aliphatic carboxylic acids is 1. The van der Waals surface area contributed by atoms with Gasteiger partial charge in [-0.25, -0.2) is 8.78 Å². The molecular formula is C20H18ClF2NO3. The van der Waals surface area contributed by atoms with E-state index >= 15 is 0 Å². The van der Waals surface area contributed by atoms with Crippen molar-refractivity contribution in [3.8, 4) is 0 Å². The van der Waals surface area contributed by atoms with Gasteiger partial charge in [0.05, 0.1) is 5.92 Å². The van der Waals surface area contributed by atoms with E-state index in [-0.39, 0.29) is 43.3 Å². The Morgan fingerprint density at radius 2 is 1.81 bits per heavy atom. The molecule has 0 saturated carbocycles.